The molecular weight excluding hydrogens is 362 g/mol. The van der Waals surface area contributed by atoms with Gasteiger partial charge in [-0.05, 0) is 36.8 Å². The van der Waals surface area contributed by atoms with E-state index in [-0.39, 0.29) is 16.5 Å². The Labute approximate surface area is 132 Å². The first-order valence-electron chi connectivity index (χ1n) is 6.04. The van der Waals surface area contributed by atoms with Crippen LogP contribution in [0.25, 0.3) is 22.3 Å². The monoisotopic (exact) mass is 368 g/mol. The molecule has 0 aliphatic carbocycles. The molecule has 0 atom stereocenters. The fourth-order valence-electron chi connectivity index (χ4n) is 2.08. The van der Waals surface area contributed by atoms with E-state index < -0.39 is 11.6 Å². The summed E-state index contributed by atoms with van der Waals surface area (Å²) in [5, 5.41) is 0.528. The molecule has 1 aromatic heterocycles. The van der Waals surface area contributed by atoms with Gasteiger partial charge in [0.1, 0.15) is 16.5 Å². The fourth-order valence-corrected chi connectivity index (χ4v) is 2.73. The molecule has 0 aliphatic heterocycles. The van der Waals surface area contributed by atoms with Crippen LogP contribution < -0.4 is 0 Å². The standard InChI is InChI=1S/C15H8BrClF2N2/c1-7-2-3-9(18)6-10(7)15-20-13-11(14(17)21-15)4-8(16)5-12(13)19/h2-6H,1H3. The average Bonchev–Trinajstić information content (AvgIpc) is 2.42. The van der Waals surface area contributed by atoms with Crippen molar-refractivity contribution in [3.63, 3.8) is 0 Å². The first-order chi connectivity index (χ1) is 9.95. The van der Waals surface area contributed by atoms with Crippen LogP contribution in [0.4, 0.5) is 8.78 Å². The van der Waals surface area contributed by atoms with Crippen molar-refractivity contribution in [3.8, 4) is 11.4 Å². The Bertz CT molecular complexity index is 868. The van der Waals surface area contributed by atoms with Crippen molar-refractivity contribution >= 4 is 38.4 Å². The van der Waals surface area contributed by atoms with Gasteiger partial charge in [0.05, 0.1) is 0 Å². The molecule has 0 saturated heterocycles. The zero-order valence-electron chi connectivity index (χ0n) is 10.8. The molecule has 3 aromatic rings. The van der Waals surface area contributed by atoms with E-state index in [2.05, 4.69) is 25.9 Å². The minimum absolute atomic E-state index is 0.108. The van der Waals surface area contributed by atoms with Crippen molar-refractivity contribution in [1.29, 1.82) is 0 Å². The largest absolute Gasteiger partial charge is 0.225 e. The minimum Gasteiger partial charge on any atom is -0.225 e. The molecule has 0 unspecified atom stereocenters. The third-order valence-electron chi connectivity index (χ3n) is 3.11. The number of halogens is 4. The van der Waals surface area contributed by atoms with Gasteiger partial charge in [0.15, 0.2) is 11.6 Å². The number of nitrogens with zero attached hydrogens (tertiary/aromatic N) is 2. The van der Waals surface area contributed by atoms with Gasteiger partial charge in [-0.25, -0.2) is 18.7 Å². The second-order valence-corrected chi connectivity index (χ2v) is 5.85. The predicted octanol–water partition coefficient (Wildman–Crippen LogP) is 5.30. The summed E-state index contributed by atoms with van der Waals surface area (Å²) in [5.74, 6) is -0.726. The molecule has 21 heavy (non-hydrogen) atoms. The van der Waals surface area contributed by atoms with E-state index in [1.54, 1.807) is 19.1 Å². The maximum Gasteiger partial charge on any atom is 0.161 e. The number of benzene rings is 2. The van der Waals surface area contributed by atoms with E-state index in [0.29, 0.717) is 15.4 Å². The SMILES string of the molecule is Cc1ccc(F)cc1-c1nc(Cl)c2cc(Br)cc(F)c2n1. The summed E-state index contributed by atoms with van der Waals surface area (Å²) in [6.07, 6.45) is 0. The Balaban J connectivity index is 2.33. The third kappa shape index (κ3) is 2.63. The van der Waals surface area contributed by atoms with Gasteiger partial charge in [-0.3, -0.25) is 0 Å². The summed E-state index contributed by atoms with van der Waals surface area (Å²) >= 11 is 9.31. The van der Waals surface area contributed by atoms with Crippen LogP contribution in [0.5, 0.6) is 0 Å². The maximum absolute atomic E-state index is 14.0. The van der Waals surface area contributed by atoms with Gasteiger partial charge in [-0.15, -0.1) is 0 Å². The molecule has 0 fully saturated rings. The molecule has 6 heteroatoms. The molecular formula is C15H8BrClF2N2. The quantitative estimate of drug-likeness (QED) is 0.544. The van der Waals surface area contributed by atoms with E-state index in [0.717, 1.165) is 5.56 Å². The van der Waals surface area contributed by atoms with Crippen LogP contribution in [0, 0.1) is 18.6 Å². The van der Waals surface area contributed by atoms with Gasteiger partial charge in [-0.1, -0.05) is 33.6 Å². The number of hydrogen-bond acceptors (Lipinski definition) is 2. The van der Waals surface area contributed by atoms with Crippen LogP contribution in [0.15, 0.2) is 34.8 Å². The highest BCUT2D eigenvalue weighted by Crippen LogP contribution is 2.30. The summed E-state index contributed by atoms with van der Waals surface area (Å²) in [6.45, 7) is 1.80. The highest BCUT2D eigenvalue weighted by atomic mass is 79.9. The molecule has 3 rings (SSSR count). The fraction of sp³-hybridized carbons (Fsp3) is 0.0667. The van der Waals surface area contributed by atoms with Crippen molar-refractivity contribution in [2.24, 2.45) is 0 Å². The topological polar surface area (TPSA) is 25.8 Å². The minimum atomic E-state index is -0.515. The maximum atomic E-state index is 14.0. The first kappa shape index (κ1) is 14.4. The lowest BCUT2D eigenvalue weighted by Crippen LogP contribution is -1.96. The zero-order valence-corrected chi connectivity index (χ0v) is 13.1. The van der Waals surface area contributed by atoms with Crippen molar-refractivity contribution in [3.05, 3.63) is 57.2 Å². The number of aromatic nitrogens is 2. The van der Waals surface area contributed by atoms with E-state index in [1.165, 1.54) is 18.2 Å². The second-order valence-electron chi connectivity index (χ2n) is 4.58. The Morgan fingerprint density at radius 3 is 2.62 bits per heavy atom. The molecule has 2 nitrogen and oxygen atoms in total. The van der Waals surface area contributed by atoms with Gasteiger partial charge in [0, 0.05) is 15.4 Å². The zero-order chi connectivity index (χ0) is 15.1. The number of rotatable bonds is 1. The van der Waals surface area contributed by atoms with Crippen molar-refractivity contribution in [1.82, 2.24) is 9.97 Å². The molecule has 1 heterocycles. The molecule has 0 radical (unpaired) electrons. The van der Waals surface area contributed by atoms with Crippen molar-refractivity contribution in [2.45, 2.75) is 6.92 Å². The number of fused-ring (bicyclic) bond motifs is 1. The molecule has 0 saturated carbocycles. The normalized spacial score (nSPS) is 11.1. The highest BCUT2D eigenvalue weighted by molar-refractivity contribution is 9.10. The van der Waals surface area contributed by atoms with Gasteiger partial charge in [0.25, 0.3) is 0 Å². The summed E-state index contributed by atoms with van der Waals surface area (Å²) in [4.78, 5) is 8.35. The molecule has 106 valence electrons. The van der Waals surface area contributed by atoms with E-state index in [1.807, 2.05) is 0 Å². The van der Waals surface area contributed by atoms with Crippen LogP contribution in [0.1, 0.15) is 5.56 Å². The van der Waals surface area contributed by atoms with E-state index in [9.17, 15) is 8.78 Å². The lowest BCUT2D eigenvalue weighted by atomic mass is 10.1. The highest BCUT2D eigenvalue weighted by Gasteiger charge is 2.14. The second kappa shape index (κ2) is 5.31. The van der Waals surface area contributed by atoms with Crippen LogP contribution in [-0.4, -0.2) is 9.97 Å². The van der Waals surface area contributed by atoms with Gasteiger partial charge in [-0.2, -0.15) is 0 Å². The first-order valence-corrected chi connectivity index (χ1v) is 7.21. The smallest absolute Gasteiger partial charge is 0.161 e. The molecule has 2 aromatic carbocycles. The summed E-state index contributed by atoms with van der Waals surface area (Å²) < 4.78 is 28.0. The van der Waals surface area contributed by atoms with Gasteiger partial charge < -0.3 is 0 Å². The molecule has 0 aliphatic rings. The van der Waals surface area contributed by atoms with Crippen LogP contribution >= 0.6 is 27.5 Å². The summed E-state index contributed by atoms with van der Waals surface area (Å²) in [7, 11) is 0. The van der Waals surface area contributed by atoms with Crippen molar-refractivity contribution in [2.75, 3.05) is 0 Å². The van der Waals surface area contributed by atoms with Crippen LogP contribution in [0.2, 0.25) is 5.15 Å². The van der Waals surface area contributed by atoms with Gasteiger partial charge >= 0.3 is 0 Å². The number of aryl methyl sites for hydroxylation is 1. The molecule has 0 spiro atoms. The summed E-state index contributed by atoms with van der Waals surface area (Å²) in [6, 6.07) is 7.21. The third-order valence-corrected chi connectivity index (χ3v) is 3.86. The number of hydrogen-bond donors (Lipinski definition) is 0. The molecule has 0 amide bonds. The Morgan fingerprint density at radius 1 is 1.10 bits per heavy atom. The Hall–Kier alpha value is -1.59. The lowest BCUT2D eigenvalue weighted by Gasteiger charge is -2.08. The lowest BCUT2D eigenvalue weighted by molar-refractivity contribution is 0.627. The molecule has 0 bridgehead atoms. The molecule has 0 N–H and O–H groups in total. The Kier molecular flexibility index (Phi) is 3.63. The van der Waals surface area contributed by atoms with E-state index in [4.69, 9.17) is 11.6 Å². The summed E-state index contributed by atoms with van der Waals surface area (Å²) in [5.41, 5.74) is 1.38. The van der Waals surface area contributed by atoms with Crippen LogP contribution in [0.3, 0.4) is 0 Å². The van der Waals surface area contributed by atoms with Crippen LogP contribution in [-0.2, 0) is 0 Å². The van der Waals surface area contributed by atoms with Crippen molar-refractivity contribution < 1.29 is 8.78 Å². The predicted molar refractivity (Wildman–Crippen MR) is 82.3 cm³/mol. The van der Waals surface area contributed by atoms with Gasteiger partial charge in [0.2, 0.25) is 0 Å². The van der Waals surface area contributed by atoms with E-state index >= 15 is 0 Å². The Morgan fingerprint density at radius 2 is 1.86 bits per heavy atom. The average molecular weight is 370 g/mol.